The quantitative estimate of drug-likeness (QED) is 0.613. The normalized spacial score (nSPS) is 34.0. The summed E-state index contributed by atoms with van der Waals surface area (Å²) in [4.78, 5) is 10.4. The van der Waals surface area contributed by atoms with Gasteiger partial charge in [0.15, 0.2) is 0 Å². The Labute approximate surface area is 65.9 Å². The zero-order valence-electron chi connectivity index (χ0n) is 6.42. The van der Waals surface area contributed by atoms with Gasteiger partial charge in [-0.2, -0.15) is 0 Å². The second-order valence-electron chi connectivity index (χ2n) is 3.58. The third-order valence-electron chi connectivity index (χ3n) is 2.80. The molecule has 11 heavy (non-hydrogen) atoms. The number of hydrogen-bond donors (Lipinski definition) is 1. The van der Waals surface area contributed by atoms with Crippen molar-refractivity contribution in [2.45, 2.75) is 25.7 Å². The number of allylic oxidation sites excluding steroid dienone is 1. The highest BCUT2D eigenvalue weighted by Crippen LogP contribution is 2.44. The van der Waals surface area contributed by atoms with E-state index in [1.165, 1.54) is 24.8 Å². The van der Waals surface area contributed by atoms with Crippen molar-refractivity contribution >= 4 is 5.97 Å². The molecule has 0 aromatic rings. The van der Waals surface area contributed by atoms with E-state index in [2.05, 4.69) is 6.08 Å². The van der Waals surface area contributed by atoms with E-state index < -0.39 is 5.97 Å². The van der Waals surface area contributed by atoms with Crippen molar-refractivity contribution in [3.63, 3.8) is 0 Å². The third-order valence-corrected chi connectivity index (χ3v) is 2.80. The SMILES string of the molecule is O=C(O)CC1=CC2CCC1C2. The number of hydrogen-bond acceptors (Lipinski definition) is 1. The lowest BCUT2D eigenvalue weighted by Gasteiger charge is -2.09. The first kappa shape index (κ1) is 6.89. The summed E-state index contributed by atoms with van der Waals surface area (Å²) >= 11 is 0. The molecule has 1 N–H and O–H groups in total. The standard InChI is InChI=1S/C9H12O2/c10-9(11)5-8-4-6-1-2-7(8)3-6/h4,6-7H,1-3,5H2,(H,10,11). The Hall–Kier alpha value is -0.790. The Morgan fingerprint density at radius 2 is 2.45 bits per heavy atom. The molecule has 0 amide bonds. The highest BCUT2D eigenvalue weighted by atomic mass is 16.4. The fourth-order valence-corrected chi connectivity index (χ4v) is 2.32. The Balaban J connectivity index is 2.05. The average Bonchev–Trinajstić information content (AvgIpc) is 2.45. The first-order valence-corrected chi connectivity index (χ1v) is 4.18. The molecule has 60 valence electrons. The molecular formula is C9H12O2. The van der Waals surface area contributed by atoms with Gasteiger partial charge in [-0.1, -0.05) is 11.6 Å². The summed E-state index contributed by atoms with van der Waals surface area (Å²) in [6.45, 7) is 0. The molecule has 0 heterocycles. The Kier molecular flexibility index (Phi) is 1.48. The van der Waals surface area contributed by atoms with E-state index in [1.807, 2.05) is 0 Å². The van der Waals surface area contributed by atoms with Crippen LogP contribution >= 0.6 is 0 Å². The summed E-state index contributed by atoms with van der Waals surface area (Å²) in [7, 11) is 0. The van der Waals surface area contributed by atoms with Gasteiger partial charge in [0.05, 0.1) is 6.42 Å². The molecule has 2 atom stereocenters. The number of carboxylic acids is 1. The summed E-state index contributed by atoms with van der Waals surface area (Å²) in [5, 5.41) is 8.56. The van der Waals surface area contributed by atoms with Crippen LogP contribution in [-0.2, 0) is 4.79 Å². The van der Waals surface area contributed by atoms with Gasteiger partial charge in [0.25, 0.3) is 0 Å². The van der Waals surface area contributed by atoms with Crippen LogP contribution in [0.4, 0.5) is 0 Å². The maximum atomic E-state index is 10.4. The Morgan fingerprint density at radius 3 is 2.91 bits per heavy atom. The molecule has 0 spiro atoms. The zero-order valence-corrected chi connectivity index (χ0v) is 6.42. The molecular weight excluding hydrogens is 140 g/mol. The van der Waals surface area contributed by atoms with Crippen molar-refractivity contribution in [3.05, 3.63) is 11.6 Å². The lowest BCUT2D eigenvalue weighted by molar-refractivity contribution is -0.136. The minimum atomic E-state index is -0.677. The topological polar surface area (TPSA) is 37.3 Å². The van der Waals surface area contributed by atoms with E-state index >= 15 is 0 Å². The summed E-state index contributed by atoms with van der Waals surface area (Å²) < 4.78 is 0. The largest absolute Gasteiger partial charge is 0.481 e. The zero-order chi connectivity index (χ0) is 7.84. The molecule has 0 saturated heterocycles. The molecule has 2 unspecified atom stereocenters. The maximum absolute atomic E-state index is 10.4. The average molecular weight is 152 g/mol. The van der Waals surface area contributed by atoms with Gasteiger partial charge in [-0.15, -0.1) is 0 Å². The lowest BCUT2D eigenvalue weighted by Crippen LogP contribution is -2.03. The summed E-state index contributed by atoms with van der Waals surface area (Å²) in [6, 6.07) is 0. The van der Waals surface area contributed by atoms with Gasteiger partial charge in [0, 0.05) is 0 Å². The fraction of sp³-hybridized carbons (Fsp3) is 0.667. The first-order chi connectivity index (χ1) is 5.25. The number of carboxylic acid groups (broad SMARTS) is 1. The molecule has 1 fully saturated rings. The van der Waals surface area contributed by atoms with Crippen LogP contribution in [0, 0.1) is 11.8 Å². The first-order valence-electron chi connectivity index (χ1n) is 4.18. The second-order valence-corrected chi connectivity index (χ2v) is 3.58. The highest BCUT2D eigenvalue weighted by molar-refractivity contribution is 5.70. The number of fused-ring (bicyclic) bond motifs is 2. The summed E-state index contributed by atoms with van der Waals surface area (Å²) in [5.41, 5.74) is 1.19. The molecule has 0 aliphatic heterocycles. The molecule has 2 rings (SSSR count). The minimum Gasteiger partial charge on any atom is -0.481 e. The van der Waals surface area contributed by atoms with Gasteiger partial charge in [-0.25, -0.2) is 0 Å². The van der Waals surface area contributed by atoms with Crippen molar-refractivity contribution in [2.24, 2.45) is 11.8 Å². The maximum Gasteiger partial charge on any atom is 0.307 e. The van der Waals surface area contributed by atoms with Crippen LogP contribution in [0.15, 0.2) is 11.6 Å². The Bertz CT molecular complexity index is 218. The molecule has 2 aliphatic carbocycles. The van der Waals surface area contributed by atoms with E-state index in [0.717, 1.165) is 0 Å². The molecule has 1 saturated carbocycles. The second kappa shape index (κ2) is 2.36. The van der Waals surface area contributed by atoms with Crippen molar-refractivity contribution in [1.29, 1.82) is 0 Å². The predicted molar refractivity (Wildman–Crippen MR) is 41.2 cm³/mol. The van der Waals surface area contributed by atoms with Crippen molar-refractivity contribution in [3.8, 4) is 0 Å². The molecule has 0 aromatic carbocycles. The van der Waals surface area contributed by atoms with Crippen LogP contribution in [0.2, 0.25) is 0 Å². The van der Waals surface area contributed by atoms with Gasteiger partial charge >= 0.3 is 5.97 Å². The molecule has 0 radical (unpaired) electrons. The highest BCUT2D eigenvalue weighted by Gasteiger charge is 2.32. The van der Waals surface area contributed by atoms with Crippen LogP contribution in [0.25, 0.3) is 0 Å². The minimum absolute atomic E-state index is 0.279. The summed E-state index contributed by atoms with van der Waals surface area (Å²) in [5.74, 6) is 0.661. The van der Waals surface area contributed by atoms with Crippen LogP contribution < -0.4 is 0 Å². The van der Waals surface area contributed by atoms with Gasteiger partial charge in [-0.3, -0.25) is 4.79 Å². The van der Waals surface area contributed by atoms with E-state index in [1.54, 1.807) is 0 Å². The van der Waals surface area contributed by atoms with Crippen LogP contribution in [-0.4, -0.2) is 11.1 Å². The summed E-state index contributed by atoms with van der Waals surface area (Å²) in [6.07, 6.45) is 6.20. The predicted octanol–water partition coefficient (Wildman–Crippen LogP) is 1.82. The lowest BCUT2D eigenvalue weighted by atomic mass is 9.96. The molecule has 0 aromatic heterocycles. The van der Waals surface area contributed by atoms with Crippen LogP contribution in [0.1, 0.15) is 25.7 Å². The van der Waals surface area contributed by atoms with Crippen molar-refractivity contribution in [2.75, 3.05) is 0 Å². The Morgan fingerprint density at radius 1 is 1.64 bits per heavy atom. The number of carbonyl (C=O) groups is 1. The van der Waals surface area contributed by atoms with Gasteiger partial charge in [-0.05, 0) is 31.1 Å². The van der Waals surface area contributed by atoms with Gasteiger partial charge in [0.2, 0.25) is 0 Å². The smallest absolute Gasteiger partial charge is 0.307 e. The monoisotopic (exact) mass is 152 g/mol. The molecule has 2 aliphatic rings. The van der Waals surface area contributed by atoms with Crippen LogP contribution in [0.5, 0.6) is 0 Å². The van der Waals surface area contributed by atoms with Crippen molar-refractivity contribution in [1.82, 2.24) is 0 Å². The van der Waals surface area contributed by atoms with E-state index in [9.17, 15) is 4.79 Å². The van der Waals surface area contributed by atoms with Gasteiger partial charge < -0.3 is 5.11 Å². The van der Waals surface area contributed by atoms with E-state index in [0.29, 0.717) is 11.8 Å². The van der Waals surface area contributed by atoms with Crippen LogP contribution in [0.3, 0.4) is 0 Å². The fourth-order valence-electron chi connectivity index (χ4n) is 2.32. The van der Waals surface area contributed by atoms with Crippen molar-refractivity contribution < 1.29 is 9.90 Å². The number of aliphatic carboxylic acids is 1. The third kappa shape index (κ3) is 1.17. The molecule has 2 nitrogen and oxygen atoms in total. The van der Waals surface area contributed by atoms with E-state index in [4.69, 9.17) is 5.11 Å². The number of rotatable bonds is 2. The van der Waals surface area contributed by atoms with E-state index in [-0.39, 0.29) is 6.42 Å². The van der Waals surface area contributed by atoms with Gasteiger partial charge in [0.1, 0.15) is 0 Å². The molecule has 2 heteroatoms. The molecule has 2 bridgehead atoms.